The molecule has 1 aliphatic heterocycles. The zero-order valence-corrected chi connectivity index (χ0v) is 4.77. The summed E-state index contributed by atoms with van der Waals surface area (Å²) in [4.78, 5) is 10.4. The molecule has 3 nitrogen and oxygen atoms in total. The van der Waals surface area contributed by atoms with Crippen LogP contribution in [0.3, 0.4) is 0 Å². The molecule has 1 saturated heterocycles. The molecule has 46 valence electrons. The highest BCUT2D eigenvalue weighted by atomic mass is 16.3. The molecule has 0 saturated carbocycles. The lowest BCUT2D eigenvalue weighted by molar-refractivity contribution is -0.120. The number of β-amino-alcohol motifs (C(OH)–C–C–N with tert-alkyl or cyclic N) is 1. The van der Waals surface area contributed by atoms with Gasteiger partial charge in [-0.15, -0.1) is 0 Å². The minimum Gasteiger partial charge on any atom is -0.388 e. The fourth-order valence-corrected chi connectivity index (χ4v) is 0.760. The Bertz CT molecular complexity index is 120. The fourth-order valence-electron chi connectivity index (χ4n) is 0.760. The molecular formula is C5H9NO2. The number of rotatable bonds is 0. The molecule has 1 fully saturated rings. The van der Waals surface area contributed by atoms with E-state index < -0.39 is 5.60 Å². The molecule has 1 unspecified atom stereocenters. The zero-order valence-electron chi connectivity index (χ0n) is 4.77. The predicted octanol–water partition coefficient (Wildman–Crippen LogP) is -0.743. The molecule has 0 aromatic rings. The third kappa shape index (κ3) is 0.980. The molecule has 1 heterocycles. The van der Waals surface area contributed by atoms with Crippen LogP contribution in [0.25, 0.3) is 0 Å². The van der Waals surface area contributed by atoms with E-state index in [0.717, 1.165) is 0 Å². The molecule has 1 aliphatic rings. The van der Waals surface area contributed by atoms with E-state index in [0.29, 0.717) is 6.54 Å². The van der Waals surface area contributed by atoms with Crippen LogP contribution in [0.2, 0.25) is 0 Å². The van der Waals surface area contributed by atoms with E-state index in [2.05, 4.69) is 5.32 Å². The summed E-state index contributed by atoms with van der Waals surface area (Å²) >= 11 is 0. The average Bonchev–Trinajstić information content (AvgIpc) is 1.82. The molecule has 3 heteroatoms. The lowest BCUT2D eigenvalue weighted by Crippen LogP contribution is -2.26. The van der Waals surface area contributed by atoms with Gasteiger partial charge in [0.15, 0.2) is 0 Å². The van der Waals surface area contributed by atoms with Crippen molar-refractivity contribution in [3.8, 4) is 0 Å². The van der Waals surface area contributed by atoms with Crippen molar-refractivity contribution < 1.29 is 9.90 Å². The van der Waals surface area contributed by atoms with Gasteiger partial charge in [-0.1, -0.05) is 0 Å². The van der Waals surface area contributed by atoms with Gasteiger partial charge in [-0.2, -0.15) is 0 Å². The van der Waals surface area contributed by atoms with Crippen LogP contribution in [0.5, 0.6) is 0 Å². The minimum absolute atomic E-state index is 0.0602. The van der Waals surface area contributed by atoms with Crippen molar-refractivity contribution in [2.24, 2.45) is 0 Å². The molecule has 1 amide bonds. The van der Waals surface area contributed by atoms with Gasteiger partial charge < -0.3 is 10.4 Å². The van der Waals surface area contributed by atoms with E-state index >= 15 is 0 Å². The van der Waals surface area contributed by atoms with Crippen molar-refractivity contribution >= 4 is 5.91 Å². The molecule has 0 aliphatic carbocycles. The van der Waals surface area contributed by atoms with Crippen molar-refractivity contribution in [1.82, 2.24) is 5.32 Å². The van der Waals surface area contributed by atoms with Crippen LogP contribution in [0.4, 0.5) is 0 Å². The van der Waals surface area contributed by atoms with Crippen molar-refractivity contribution in [1.29, 1.82) is 0 Å². The first-order valence-corrected chi connectivity index (χ1v) is 2.59. The minimum atomic E-state index is -0.795. The molecule has 0 bridgehead atoms. The monoisotopic (exact) mass is 115 g/mol. The molecule has 8 heavy (non-hydrogen) atoms. The fraction of sp³-hybridized carbons (Fsp3) is 0.800. The largest absolute Gasteiger partial charge is 0.388 e. The summed E-state index contributed by atoms with van der Waals surface area (Å²) in [7, 11) is 0. The lowest BCUT2D eigenvalue weighted by Gasteiger charge is -2.09. The Morgan fingerprint density at radius 3 is 2.62 bits per heavy atom. The maximum Gasteiger partial charge on any atom is 0.223 e. The van der Waals surface area contributed by atoms with Gasteiger partial charge >= 0.3 is 0 Å². The number of nitrogens with one attached hydrogen (secondary N) is 1. The number of hydrogen-bond donors (Lipinski definition) is 2. The summed E-state index contributed by atoms with van der Waals surface area (Å²) in [6.45, 7) is 2.04. The maximum absolute atomic E-state index is 10.4. The smallest absolute Gasteiger partial charge is 0.223 e. The van der Waals surface area contributed by atoms with Gasteiger partial charge in [0, 0.05) is 6.54 Å². The number of aliphatic hydroxyl groups is 1. The lowest BCUT2D eigenvalue weighted by atomic mass is 10.1. The van der Waals surface area contributed by atoms with Crippen LogP contribution in [-0.2, 0) is 4.79 Å². The summed E-state index contributed by atoms with van der Waals surface area (Å²) in [6, 6.07) is 0. The predicted molar refractivity (Wildman–Crippen MR) is 28.3 cm³/mol. The SMILES string of the molecule is CC1(O)CNC(=O)C1. The Hall–Kier alpha value is -0.570. The maximum atomic E-state index is 10.4. The van der Waals surface area contributed by atoms with Gasteiger partial charge in [-0.3, -0.25) is 4.79 Å². The highest BCUT2D eigenvalue weighted by molar-refractivity contribution is 5.79. The highest BCUT2D eigenvalue weighted by Gasteiger charge is 2.30. The van der Waals surface area contributed by atoms with Crippen molar-refractivity contribution in [2.45, 2.75) is 18.9 Å². The summed E-state index contributed by atoms with van der Waals surface area (Å²) in [5.41, 5.74) is -0.795. The van der Waals surface area contributed by atoms with Gasteiger partial charge in [0.1, 0.15) is 0 Å². The second-order valence-electron chi connectivity index (χ2n) is 2.45. The third-order valence-electron chi connectivity index (χ3n) is 1.21. The number of carbonyl (C=O) groups is 1. The molecule has 1 atom stereocenters. The summed E-state index contributed by atoms with van der Waals surface area (Å²) in [5, 5.41) is 11.6. The Morgan fingerprint density at radius 1 is 1.88 bits per heavy atom. The van der Waals surface area contributed by atoms with Gasteiger partial charge in [0.2, 0.25) is 5.91 Å². The molecule has 2 N–H and O–H groups in total. The molecule has 0 spiro atoms. The summed E-state index contributed by atoms with van der Waals surface area (Å²) in [6.07, 6.45) is 0.243. The van der Waals surface area contributed by atoms with E-state index in [1.165, 1.54) is 0 Å². The molecule has 0 aromatic carbocycles. The number of amides is 1. The third-order valence-corrected chi connectivity index (χ3v) is 1.21. The zero-order chi connectivity index (χ0) is 6.20. The van der Waals surface area contributed by atoms with Crippen LogP contribution in [-0.4, -0.2) is 23.2 Å². The Morgan fingerprint density at radius 2 is 2.50 bits per heavy atom. The van der Waals surface area contributed by atoms with Crippen LogP contribution in [0, 0.1) is 0 Å². The quantitative estimate of drug-likeness (QED) is 0.436. The molecule has 0 radical (unpaired) electrons. The highest BCUT2D eigenvalue weighted by Crippen LogP contribution is 2.12. The Labute approximate surface area is 47.7 Å². The number of hydrogen-bond acceptors (Lipinski definition) is 2. The normalized spacial score (nSPS) is 37.5. The average molecular weight is 115 g/mol. The first-order chi connectivity index (χ1) is 3.60. The molecule has 1 rings (SSSR count). The van der Waals surface area contributed by atoms with Crippen LogP contribution < -0.4 is 5.32 Å². The van der Waals surface area contributed by atoms with Crippen LogP contribution in [0.15, 0.2) is 0 Å². The second-order valence-corrected chi connectivity index (χ2v) is 2.45. The van der Waals surface area contributed by atoms with E-state index in [1.54, 1.807) is 6.92 Å². The van der Waals surface area contributed by atoms with Gasteiger partial charge in [0.25, 0.3) is 0 Å². The molecular weight excluding hydrogens is 106 g/mol. The standard InChI is InChI=1S/C5H9NO2/c1-5(8)2-4(7)6-3-5/h8H,2-3H2,1H3,(H,6,7). The van der Waals surface area contributed by atoms with E-state index in [-0.39, 0.29) is 12.3 Å². The van der Waals surface area contributed by atoms with E-state index in [1.807, 2.05) is 0 Å². The van der Waals surface area contributed by atoms with Crippen LogP contribution in [0.1, 0.15) is 13.3 Å². The van der Waals surface area contributed by atoms with Gasteiger partial charge in [-0.25, -0.2) is 0 Å². The van der Waals surface area contributed by atoms with Crippen molar-refractivity contribution in [3.05, 3.63) is 0 Å². The van der Waals surface area contributed by atoms with Crippen molar-refractivity contribution in [2.75, 3.05) is 6.54 Å². The van der Waals surface area contributed by atoms with Crippen molar-refractivity contribution in [3.63, 3.8) is 0 Å². The van der Waals surface area contributed by atoms with Crippen LogP contribution >= 0.6 is 0 Å². The van der Waals surface area contributed by atoms with Gasteiger partial charge in [0.05, 0.1) is 12.0 Å². The Balaban J connectivity index is 2.56. The first kappa shape index (κ1) is 5.56. The van der Waals surface area contributed by atoms with E-state index in [9.17, 15) is 4.79 Å². The topological polar surface area (TPSA) is 49.3 Å². The first-order valence-electron chi connectivity index (χ1n) is 2.59. The summed E-state index contributed by atoms with van der Waals surface area (Å²) in [5.74, 6) is -0.0602. The van der Waals surface area contributed by atoms with E-state index in [4.69, 9.17) is 5.11 Å². The molecule has 0 aromatic heterocycles. The number of carbonyl (C=O) groups excluding carboxylic acids is 1. The van der Waals surface area contributed by atoms with Gasteiger partial charge in [-0.05, 0) is 6.92 Å². The second kappa shape index (κ2) is 1.45. The Kier molecular flexibility index (Phi) is 1.01. The summed E-state index contributed by atoms with van der Waals surface area (Å²) < 4.78 is 0.